The van der Waals surface area contributed by atoms with Crippen molar-refractivity contribution in [1.82, 2.24) is 20.2 Å². The highest BCUT2D eigenvalue weighted by Gasteiger charge is 2.07. The Morgan fingerprint density at radius 3 is 2.86 bits per heavy atom. The van der Waals surface area contributed by atoms with Gasteiger partial charge in [0.2, 0.25) is 0 Å². The number of nitriles is 1. The molecule has 22 heavy (non-hydrogen) atoms. The number of aromatic nitrogens is 4. The SMILES string of the molecule is CCCn1nnnc1COC(=O)/C=C/c1ccc(C#N)cc1. The molecule has 0 spiro atoms. The molecule has 7 heteroatoms. The summed E-state index contributed by atoms with van der Waals surface area (Å²) in [6.07, 6.45) is 3.85. The van der Waals surface area contributed by atoms with Crippen LogP contribution in [0.25, 0.3) is 6.08 Å². The van der Waals surface area contributed by atoms with Gasteiger partial charge in [0, 0.05) is 12.6 Å². The van der Waals surface area contributed by atoms with Gasteiger partial charge in [0.25, 0.3) is 0 Å². The molecular formula is C15H15N5O2. The van der Waals surface area contributed by atoms with Gasteiger partial charge in [0.05, 0.1) is 11.6 Å². The summed E-state index contributed by atoms with van der Waals surface area (Å²) in [5, 5.41) is 19.9. The lowest BCUT2D eigenvalue weighted by molar-refractivity contribution is -0.139. The Hall–Kier alpha value is -3.01. The van der Waals surface area contributed by atoms with Crippen LogP contribution < -0.4 is 0 Å². The minimum absolute atomic E-state index is 0.0313. The van der Waals surface area contributed by atoms with Gasteiger partial charge in [-0.3, -0.25) is 0 Å². The number of rotatable bonds is 6. The summed E-state index contributed by atoms with van der Waals surface area (Å²) in [7, 11) is 0. The van der Waals surface area contributed by atoms with E-state index in [0.717, 1.165) is 12.0 Å². The molecule has 0 saturated heterocycles. The molecule has 0 radical (unpaired) electrons. The van der Waals surface area contributed by atoms with Gasteiger partial charge >= 0.3 is 5.97 Å². The van der Waals surface area contributed by atoms with Crippen molar-refractivity contribution in [2.45, 2.75) is 26.5 Å². The Morgan fingerprint density at radius 2 is 2.18 bits per heavy atom. The van der Waals surface area contributed by atoms with Gasteiger partial charge in [-0.25, -0.2) is 9.48 Å². The van der Waals surface area contributed by atoms with Crippen molar-refractivity contribution >= 4 is 12.0 Å². The maximum Gasteiger partial charge on any atom is 0.331 e. The lowest BCUT2D eigenvalue weighted by Crippen LogP contribution is -2.09. The van der Waals surface area contributed by atoms with Crippen LogP contribution in [0.1, 0.15) is 30.3 Å². The highest BCUT2D eigenvalue weighted by molar-refractivity contribution is 5.87. The van der Waals surface area contributed by atoms with E-state index < -0.39 is 5.97 Å². The fraction of sp³-hybridized carbons (Fsp3) is 0.267. The molecule has 0 atom stereocenters. The van der Waals surface area contributed by atoms with Gasteiger partial charge in [-0.1, -0.05) is 19.1 Å². The van der Waals surface area contributed by atoms with Gasteiger partial charge in [0.15, 0.2) is 12.4 Å². The van der Waals surface area contributed by atoms with E-state index in [2.05, 4.69) is 15.5 Å². The Labute approximate surface area is 127 Å². The Kier molecular flexibility index (Phi) is 5.37. The Balaban J connectivity index is 1.88. The number of aryl methyl sites for hydroxylation is 1. The number of benzene rings is 1. The van der Waals surface area contributed by atoms with Crippen LogP contribution >= 0.6 is 0 Å². The molecule has 112 valence electrons. The number of tetrazole rings is 1. The van der Waals surface area contributed by atoms with Crippen LogP contribution in [0, 0.1) is 11.3 Å². The van der Waals surface area contributed by atoms with E-state index in [0.29, 0.717) is 17.9 Å². The van der Waals surface area contributed by atoms with Crippen molar-refractivity contribution in [2.24, 2.45) is 0 Å². The second-order valence-corrected chi connectivity index (χ2v) is 4.49. The van der Waals surface area contributed by atoms with Crippen LogP contribution in [0.5, 0.6) is 0 Å². The molecule has 0 amide bonds. The fourth-order valence-electron chi connectivity index (χ4n) is 1.73. The normalized spacial score (nSPS) is 10.5. The fourth-order valence-corrected chi connectivity index (χ4v) is 1.73. The summed E-state index contributed by atoms with van der Waals surface area (Å²) in [5.41, 5.74) is 1.38. The van der Waals surface area contributed by atoms with Gasteiger partial charge < -0.3 is 4.74 Å². The third-order valence-electron chi connectivity index (χ3n) is 2.84. The number of hydrogen-bond acceptors (Lipinski definition) is 6. The maximum atomic E-state index is 11.7. The second kappa shape index (κ2) is 7.69. The quantitative estimate of drug-likeness (QED) is 0.595. The van der Waals surface area contributed by atoms with Crippen molar-refractivity contribution in [2.75, 3.05) is 0 Å². The molecule has 0 bridgehead atoms. The molecule has 0 fully saturated rings. The zero-order chi connectivity index (χ0) is 15.8. The van der Waals surface area contributed by atoms with E-state index in [9.17, 15) is 4.79 Å². The minimum atomic E-state index is -0.476. The minimum Gasteiger partial charge on any atom is -0.454 e. The molecule has 1 aromatic heterocycles. The third-order valence-corrected chi connectivity index (χ3v) is 2.84. The number of esters is 1. The van der Waals surface area contributed by atoms with Crippen molar-refractivity contribution in [1.29, 1.82) is 5.26 Å². The number of carbonyl (C=O) groups is 1. The standard InChI is InChI=1S/C15H15N5O2/c1-2-9-20-14(17-18-19-20)11-22-15(21)8-7-12-3-5-13(10-16)6-4-12/h3-8H,2,9,11H2,1H3/b8-7+. The molecule has 0 aliphatic carbocycles. The van der Waals surface area contributed by atoms with E-state index >= 15 is 0 Å². The van der Waals surface area contributed by atoms with Crippen LogP contribution in [-0.4, -0.2) is 26.2 Å². The Bertz CT molecular complexity index is 697. The highest BCUT2D eigenvalue weighted by Crippen LogP contribution is 2.06. The van der Waals surface area contributed by atoms with Gasteiger partial charge in [-0.15, -0.1) is 5.10 Å². The molecule has 2 aromatic rings. The van der Waals surface area contributed by atoms with Crippen molar-refractivity contribution in [3.05, 3.63) is 47.3 Å². The monoisotopic (exact) mass is 297 g/mol. The van der Waals surface area contributed by atoms with Crippen LogP contribution in [0.15, 0.2) is 30.3 Å². The van der Waals surface area contributed by atoms with Gasteiger partial charge in [0.1, 0.15) is 0 Å². The van der Waals surface area contributed by atoms with E-state index in [1.165, 1.54) is 6.08 Å². The van der Waals surface area contributed by atoms with E-state index in [-0.39, 0.29) is 6.61 Å². The topological polar surface area (TPSA) is 93.7 Å². The zero-order valence-corrected chi connectivity index (χ0v) is 12.1. The molecule has 0 aliphatic heterocycles. The smallest absolute Gasteiger partial charge is 0.331 e. The second-order valence-electron chi connectivity index (χ2n) is 4.49. The summed E-state index contributed by atoms with van der Waals surface area (Å²) < 4.78 is 6.71. The molecule has 1 aromatic carbocycles. The molecule has 1 heterocycles. The predicted molar refractivity (Wildman–Crippen MR) is 78.1 cm³/mol. The van der Waals surface area contributed by atoms with Crippen molar-refractivity contribution in [3.63, 3.8) is 0 Å². The number of nitrogens with zero attached hydrogens (tertiary/aromatic N) is 5. The number of ether oxygens (including phenoxy) is 1. The first-order valence-electron chi connectivity index (χ1n) is 6.83. The zero-order valence-electron chi connectivity index (χ0n) is 12.1. The van der Waals surface area contributed by atoms with Gasteiger partial charge in [-0.05, 0) is 40.6 Å². The van der Waals surface area contributed by atoms with Gasteiger partial charge in [-0.2, -0.15) is 5.26 Å². The maximum absolute atomic E-state index is 11.7. The summed E-state index contributed by atoms with van der Waals surface area (Å²) in [4.78, 5) is 11.7. The molecule has 7 nitrogen and oxygen atoms in total. The average Bonchev–Trinajstić information content (AvgIpc) is 2.99. The number of hydrogen-bond donors (Lipinski definition) is 0. The van der Waals surface area contributed by atoms with Crippen LogP contribution in [0.3, 0.4) is 0 Å². The van der Waals surface area contributed by atoms with Crippen LogP contribution in [-0.2, 0) is 22.7 Å². The molecule has 2 rings (SSSR count). The summed E-state index contributed by atoms with van der Waals surface area (Å²) in [5.74, 6) is 0.0392. The predicted octanol–water partition coefficient (Wildman–Crippen LogP) is 1.71. The Morgan fingerprint density at radius 1 is 1.41 bits per heavy atom. The van der Waals surface area contributed by atoms with E-state index in [4.69, 9.17) is 10.00 Å². The lowest BCUT2D eigenvalue weighted by Gasteiger charge is -2.02. The van der Waals surface area contributed by atoms with Crippen LogP contribution in [0.4, 0.5) is 0 Å². The molecular weight excluding hydrogens is 282 g/mol. The third kappa shape index (κ3) is 4.24. The average molecular weight is 297 g/mol. The van der Waals surface area contributed by atoms with Crippen LogP contribution in [0.2, 0.25) is 0 Å². The first-order chi connectivity index (χ1) is 10.7. The summed E-state index contributed by atoms with van der Waals surface area (Å²) in [6, 6.07) is 8.91. The van der Waals surface area contributed by atoms with Crippen molar-refractivity contribution < 1.29 is 9.53 Å². The van der Waals surface area contributed by atoms with E-state index in [1.54, 1.807) is 35.0 Å². The first kappa shape index (κ1) is 15.4. The molecule has 0 unspecified atom stereocenters. The number of carbonyl (C=O) groups excluding carboxylic acids is 1. The largest absolute Gasteiger partial charge is 0.454 e. The highest BCUT2D eigenvalue weighted by atomic mass is 16.5. The van der Waals surface area contributed by atoms with Crippen molar-refractivity contribution in [3.8, 4) is 6.07 Å². The first-order valence-corrected chi connectivity index (χ1v) is 6.83. The molecule has 0 N–H and O–H groups in total. The summed E-state index contributed by atoms with van der Waals surface area (Å²) in [6.45, 7) is 2.72. The lowest BCUT2D eigenvalue weighted by atomic mass is 10.1. The summed E-state index contributed by atoms with van der Waals surface area (Å²) >= 11 is 0. The molecule has 0 saturated carbocycles. The van der Waals surface area contributed by atoms with E-state index in [1.807, 2.05) is 13.0 Å². The molecule has 0 aliphatic rings.